The minimum Gasteiger partial charge on any atom is -0.480 e. The molecule has 2 rings (SSSR count). The molecular formula is C24H27ClN2O3. The molecule has 1 amide bonds. The Kier molecular flexibility index (Phi) is 8.44. The predicted molar refractivity (Wildman–Crippen MR) is 118 cm³/mol. The lowest BCUT2D eigenvalue weighted by Gasteiger charge is -2.32. The molecule has 0 fully saturated rings. The molecule has 0 saturated carbocycles. The van der Waals surface area contributed by atoms with Crippen LogP contribution in [0.15, 0.2) is 42.5 Å². The van der Waals surface area contributed by atoms with Crippen molar-refractivity contribution >= 4 is 23.5 Å². The van der Waals surface area contributed by atoms with Crippen LogP contribution in [0.3, 0.4) is 0 Å². The first-order chi connectivity index (χ1) is 14.3. The van der Waals surface area contributed by atoms with Gasteiger partial charge in [0.05, 0.1) is 11.6 Å². The van der Waals surface area contributed by atoms with E-state index < -0.39 is 12.0 Å². The van der Waals surface area contributed by atoms with Crippen molar-refractivity contribution in [1.29, 1.82) is 5.26 Å². The molecule has 0 bridgehead atoms. The lowest BCUT2D eigenvalue weighted by molar-refractivity contribution is -0.153. The molecule has 0 aliphatic heterocycles. The zero-order chi connectivity index (χ0) is 22.3. The zero-order valence-electron chi connectivity index (χ0n) is 17.6. The molecule has 1 atom stereocenters. The van der Waals surface area contributed by atoms with E-state index in [1.807, 2.05) is 45.0 Å². The highest BCUT2D eigenvalue weighted by Crippen LogP contribution is 2.27. The van der Waals surface area contributed by atoms with Gasteiger partial charge in [-0.15, -0.1) is 0 Å². The van der Waals surface area contributed by atoms with Crippen LogP contribution in [0, 0.1) is 17.2 Å². The van der Waals surface area contributed by atoms with Gasteiger partial charge in [0.2, 0.25) is 5.91 Å². The standard InChI is InChI=1S/C24H27ClN2O3/c1-4-5-6-22(28)27(23(16(2)3)24(29)30)15-17-7-9-18(10-8-17)21-13-20(25)12-11-19(21)14-26/h7-13,16,23H,4-6,15H2,1-3H3,(H,29,30). The maximum absolute atomic E-state index is 12.8. The van der Waals surface area contributed by atoms with Gasteiger partial charge in [-0.2, -0.15) is 5.26 Å². The van der Waals surface area contributed by atoms with E-state index in [1.54, 1.807) is 18.2 Å². The number of rotatable bonds is 9. The number of aliphatic carboxylic acids is 1. The number of halogens is 1. The summed E-state index contributed by atoms with van der Waals surface area (Å²) in [5.74, 6) is -1.36. The molecule has 0 spiro atoms. The lowest BCUT2D eigenvalue weighted by Crippen LogP contribution is -2.47. The van der Waals surface area contributed by atoms with Gasteiger partial charge in [0.25, 0.3) is 0 Å². The Bertz CT molecular complexity index is 932. The van der Waals surface area contributed by atoms with E-state index in [-0.39, 0.29) is 18.4 Å². The Morgan fingerprint density at radius 3 is 2.37 bits per heavy atom. The molecule has 5 nitrogen and oxygen atoms in total. The number of carbonyl (C=O) groups is 2. The molecule has 0 heterocycles. The average molecular weight is 427 g/mol. The molecule has 0 radical (unpaired) electrons. The van der Waals surface area contributed by atoms with E-state index in [9.17, 15) is 20.0 Å². The normalized spacial score (nSPS) is 11.7. The number of carboxylic acids is 1. The highest BCUT2D eigenvalue weighted by atomic mass is 35.5. The molecule has 1 N–H and O–H groups in total. The van der Waals surface area contributed by atoms with Crippen LogP contribution in [0.4, 0.5) is 0 Å². The second-order valence-corrected chi connectivity index (χ2v) is 8.09. The molecule has 6 heteroatoms. The summed E-state index contributed by atoms with van der Waals surface area (Å²) in [5.41, 5.74) is 2.92. The van der Waals surface area contributed by atoms with Crippen LogP contribution in [0.5, 0.6) is 0 Å². The molecule has 30 heavy (non-hydrogen) atoms. The summed E-state index contributed by atoms with van der Waals surface area (Å²) in [7, 11) is 0. The first kappa shape index (κ1) is 23.4. The fraction of sp³-hybridized carbons (Fsp3) is 0.375. The molecular weight excluding hydrogens is 400 g/mol. The topological polar surface area (TPSA) is 81.4 Å². The van der Waals surface area contributed by atoms with Gasteiger partial charge in [-0.3, -0.25) is 4.79 Å². The van der Waals surface area contributed by atoms with Gasteiger partial charge in [-0.05, 0) is 41.7 Å². The fourth-order valence-corrected chi connectivity index (χ4v) is 3.60. The monoisotopic (exact) mass is 426 g/mol. The molecule has 1 unspecified atom stereocenters. The second kappa shape index (κ2) is 10.8. The summed E-state index contributed by atoms with van der Waals surface area (Å²) < 4.78 is 0. The van der Waals surface area contributed by atoms with E-state index in [0.29, 0.717) is 17.0 Å². The van der Waals surface area contributed by atoms with Gasteiger partial charge in [0, 0.05) is 23.6 Å². The van der Waals surface area contributed by atoms with Gasteiger partial charge >= 0.3 is 5.97 Å². The Morgan fingerprint density at radius 2 is 1.83 bits per heavy atom. The van der Waals surface area contributed by atoms with Crippen LogP contribution in [0.1, 0.15) is 51.2 Å². The van der Waals surface area contributed by atoms with Gasteiger partial charge in [0.1, 0.15) is 6.04 Å². The minimum atomic E-state index is -0.996. The predicted octanol–water partition coefficient (Wildman–Crippen LogP) is 5.51. The van der Waals surface area contributed by atoms with Crippen LogP contribution >= 0.6 is 11.6 Å². The number of unbranched alkanes of at least 4 members (excludes halogenated alkanes) is 1. The van der Waals surface area contributed by atoms with Crippen LogP contribution < -0.4 is 0 Å². The summed E-state index contributed by atoms with van der Waals surface area (Å²) >= 11 is 6.09. The van der Waals surface area contributed by atoms with Crippen molar-refractivity contribution in [3.8, 4) is 17.2 Å². The first-order valence-corrected chi connectivity index (χ1v) is 10.5. The Morgan fingerprint density at radius 1 is 1.17 bits per heavy atom. The van der Waals surface area contributed by atoms with E-state index >= 15 is 0 Å². The summed E-state index contributed by atoms with van der Waals surface area (Å²) in [6.07, 6.45) is 1.93. The number of carbonyl (C=O) groups excluding carboxylic acids is 1. The van der Waals surface area contributed by atoms with Gasteiger partial charge < -0.3 is 10.0 Å². The minimum absolute atomic E-state index is 0.149. The number of carboxylic acid groups (broad SMARTS) is 1. The molecule has 0 aromatic heterocycles. The second-order valence-electron chi connectivity index (χ2n) is 7.65. The SMILES string of the molecule is CCCCC(=O)N(Cc1ccc(-c2cc(Cl)ccc2C#N)cc1)C(C(=O)O)C(C)C. The fourth-order valence-electron chi connectivity index (χ4n) is 3.43. The van der Waals surface area contributed by atoms with Crippen molar-refractivity contribution in [3.05, 3.63) is 58.6 Å². The van der Waals surface area contributed by atoms with Crippen LogP contribution in [0.25, 0.3) is 11.1 Å². The van der Waals surface area contributed by atoms with Crippen molar-refractivity contribution in [2.45, 2.75) is 52.6 Å². The molecule has 0 aliphatic rings. The summed E-state index contributed by atoms with van der Waals surface area (Å²) in [6, 6.07) is 13.8. The number of amides is 1. The van der Waals surface area contributed by atoms with Gasteiger partial charge in [-0.25, -0.2) is 4.79 Å². The van der Waals surface area contributed by atoms with Gasteiger partial charge in [0.15, 0.2) is 0 Å². The smallest absolute Gasteiger partial charge is 0.326 e. The van der Waals surface area contributed by atoms with Crippen molar-refractivity contribution in [2.24, 2.45) is 5.92 Å². The number of benzene rings is 2. The Balaban J connectivity index is 2.32. The zero-order valence-corrected chi connectivity index (χ0v) is 18.3. The third-order valence-electron chi connectivity index (χ3n) is 5.00. The summed E-state index contributed by atoms with van der Waals surface area (Å²) in [4.78, 5) is 26.1. The molecule has 2 aromatic carbocycles. The summed E-state index contributed by atoms with van der Waals surface area (Å²) in [6.45, 7) is 5.84. The van der Waals surface area contributed by atoms with Crippen LogP contribution in [0.2, 0.25) is 5.02 Å². The van der Waals surface area contributed by atoms with E-state index in [1.165, 1.54) is 4.90 Å². The van der Waals surface area contributed by atoms with Crippen molar-refractivity contribution in [3.63, 3.8) is 0 Å². The third-order valence-corrected chi connectivity index (χ3v) is 5.24. The van der Waals surface area contributed by atoms with Gasteiger partial charge in [-0.1, -0.05) is 63.1 Å². The number of nitrogens with zero attached hydrogens (tertiary/aromatic N) is 2. The molecule has 0 aliphatic carbocycles. The molecule has 0 saturated heterocycles. The number of hydrogen-bond donors (Lipinski definition) is 1. The third kappa shape index (κ3) is 5.84. The number of hydrogen-bond acceptors (Lipinski definition) is 3. The van der Waals surface area contributed by atoms with E-state index in [0.717, 1.165) is 29.5 Å². The van der Waals surface area contributed by atoms with Crippen LogP contribution in [-0.2, 0) is 16.1 Å². The Labute approximate surface area is 182 Å². The molecule has 158 valence electrons. The van der Waals surface area contributed by atoms with Crippen molar-refractivity contribution < 1.29 is 14.7 Å². The van der Waals surface area contributed by atoms with Crippen molar-refractivity contribution in [1.82, 2.24) is 4.90 Å². The number of nitriles is 1. The average Bonchev–Trinajstić information content (AvgIpc) is 2.71. The Hall–Kier alpha value is -2.84. The van der Waals surface area contributed by atoms with E-state index in [2.05, 4.69) is 6.07 Å². The van der Waals surface area contributed by atoms with E-state index in [4.69, 9.17) is 11.6 Å². The first-order valence-electron chi connectivity index (χ1n) is 10.1. The van der Waals surface area contributed by atoms with Crippen molar-refractivity contribution in [2.75, 3.05) is 0 Å². The highest BCUT2D eigenvalue weighted by Gasteiger charge is 2.32. The summed E-state index contributed by atoms with van der Waals surface area (Å²) in [5, 5.41) is 19.6. The van der Waals surface area contributed by atoms with Crippen LogP contribution in [-0.4, -0.2) is 27.9 Å². The maximum atomic E-state index is 12.8. The lowest BCUT2D eigenvalue weighted by atomic mass is 9.98. The maximum Gasteiger partial charge on any atom is 0.326 e. The quantitative estimate of drug-likeness (QED) is 0.573. The molecule has 2 aromatic rings. The largest absolute Gasteiger partial charge is 0.480 e. The highest BCUT2D eigenvalue weighted by molar-refractivity contribution is 6.30.